The lowest BCUT2D eigenvalue weighted by Gasteiger charge is -2.41. The summed E-state index contributed by atoms with van der Waals surface area (Å²) in [5, 5.41) is 10.7. The van der Waals surface area contributed by atoms with Crippen molar-refractivity contribution in [1.29, 1.82) is 0 Å². The second-order valence-electron chi connectivity index (χ2n) is 5.80. The number of benzene rings is 1. The predicted molar refractivity (Wildman–Crippen MR) is 74.9 cm³/mol. The second kappa shape index (κ2) is 5.30. The molecule has 1 N–H and O–H groups in total. The molecule has 1 nitrogen and oxygen atoms in total. The first-order valence-electron chi connectivity index (χ1n) is 6.57. The number of halogens is 2. The molecule has 3 heteroatoms. The van der Waals surface area contributed by atoms with Crippen LogP contribution < -0.4 is 0 Å². The highest BCUT2D eigenvalue weighted by atomic mass is 79.9. The summed E-state index contributed by atoms with van der Waals surface area (Å²) >= 11 is 3.36. The molecule has 0 amide bonds. The summed E-state index contributed by atoms with van der Waals surface area (Å²) in [6.45, 7) is 4.29. The van der Waals surface area contributed by atoms with Crippen molar-refractivity contribution in [2.45, 2.75) is 45.1 Å². The van der Waals surface area contributed by atoms with Gasteiger partial charge in [0.1, 0.15) is 5.82 Å². The summed E-state index contributed by atoms with van der Waals surface area (Å²) in [6.07, 6.45) is 3.22. The van der Waals surface area contributed by atoms with Gasteiger partial charge in [0.2, 0.25) is 0 Å². The maximum Gasteiger partial charge on any atom is 0.126 e. The molecule has 0 radical (unpaired) electrons. The van der Waals surface area contributed by atoms with E-state index in [-0.39, 0.29) is 11.7 Å². The minimum Gasteiger partial charge on any atom is -0.389 e. The van der Waals surface area contributed by atoms with Gasteiger partial charge < -0.3 is 5.11 Å². The molecule has 1 aromatic rings. The molecule has 1 aromatic carbocycles. The van der Waals surface area contributed by atoms with E-state index in [2.05, 4.69) is 29.8 Å². The molecule has 0 aliphatic heterocycles. The van der Waals surface area contributed by atoms with E-state index in [0.29, 0.717) is 17.9 Å². The number of aliphatic hydroxyl groups is 1. The van der Waals surface area contributed by atoms with E-state index in [9.17, 15) is 9.50 Å². The van der Waals surface area contributed by atoms with Crippen LogP contribution in [0.15, 0.2) is 22.7 Å². The molecule has 0 spiro atoms. The minimum atomic E-state index is -0.756. The lowest BCUT2D eigenvalue weighted by atomic mass is 9.70. The summed E-state index contributed by atoms with van der Waals surface area (Å²) < 4.78 is 14.6. The zero-order chi connectivity index (χ0) is 13.3. The molecule has 0 aromatic heterocycles. The van der Waals surface area contributed by atoms with E-state index in [4.69, 9.17) is 0 Å². The normalized spacial score (nSPS) is 32.5. The van der Waals surface area contributed by atoms with Crippen LogP contribution >= 0.6 is 15.9 Å². The van der Waals surface area contributed by atoms with Crippen molar-refractivity contribution in [3.05, 3.63) is 34.1 Å². The third-order valence-corrected chi connectivity index (χ3v) is 4.74. The highest BCUT2D eigenvalue weighted by Gasteiger charge is 2.38. The van der Waals surface area contributed by atoms with Crippen molar-refractivity contribution in [1.82, 2.24) is 0 Å². The maximum atomic E-state index is 13.8. The summed E-state index contributed by atoms with van der Waals surface area (Å²) in [6, 6.07) is 4.92. The third-order valence-electron chi connectivity index (χ3n) is 4.25. The molecule has 0 heterocycles. The highest BCUT2D eigenvalue weighted by molar-refractivity contribution is 9.10. The Bertz CT molecular complexity index is 435. The van der Waals surface area contributed by atoms with Gasteiger partial charge in [-0.25, -0.2) is 4.39 Å². The van der Waals surface area contributed by atoms with Gasteiger partial charge in [-0.15, -0.1) is 0 Å². The fourth-order valence-corrected chi connectivity index (χ4v) is 3.36. The Hall–Kier alpha value is -0.410. The van der Waals surface area contributed by atoms with Crippen LogP contribution in [0.5, 0.6) is 0 Å². The molecule has 100 valence electrons. The zero-order valence-corrected chi connectivity index (χ0v) is 12.5. The third kappa shape index (κ3) is 2.94. The van der Waals surface area contributed by atoms with E-state index >= 15 is 0 Å². The molecule has 1 saturated carbocycles. The van der Waals surface area contributed by atoms with Crippen LogP contribution in [0.4, 0.5) is 4.39 Å². The largest absolute Gasteiger partial charge is 0.389 e. The van der Waals surface area contributed by atoms with Crippen LogP contribution in [-0.4, -0.2) is 10.7 Å². The average molecular weight is 315 g/mol. The molecule has 3 unspecified atom stereocenters. The zero-order valence-electron chi connectivity index (χ0n) is 10.9. The summed E-state index contributed by atoms with van der Waals surface area (Å²) in [5.41, 5.74) is -0.151. The van der Waals surface area contributed by atoms with Crippen LogP contribution in [0.1, 0.15) is 38.7 Å². The van der Waals surface area contributed by atoms with Crippen molar-refractivity contribution in [2.24, 2.45) is 11.8 Å². The van der Waals surface area contributed by atoms with Crippen molar-refractivity contribution >= 4 is 15.9 Å². The van der Waals surface area contributed by atoms with E-state index in [1.54, 1.807) is 12.1 Å². The Labute approximate surface area is 117 Å². The van der Waals surface area contributed by atoms with Crippen molar-refractivity contribution in [2.75, 3.05) is 0 Å². The monoisotopic (exact) mass is 314 g/mol. The smallest absolute Gasteiger partial charge is 0.126 e. The van der Waals surface area contributed by atoms with Crippen LogP contribution in [-0.2, 0) is 6.42 Å². The maximum absolute atomic E-state index is 13.8. The SMILES string of the molecule is CC1CCC(O)(Cc2cc(Br)ccc2F)C(C)C1. The topological polar surface area (TPSA) is 20.2 Å². The fraction of sp³-hybridized carbons (Fsp3) is 0.600. The molecule has 0 bridgehead atoms. The lowest BCUT2D eigenvalue weighted by molar-refractivity contribution is -0.0527. The molecule has 1 aliphatic rings. The van der Waals surface area contributed by atoms with Gasteiger partial charge in [0.25, 0.3) is 0 Å². The van der Waals surface area contributed by atoms with Crippen LogP contribution in [0, 0.1) is 17.7 Å². The summed E-state index contributed by atoms with van der Waals surface area (Å²) in [7, 11) is 0. The van der Waals surface area contributed by atoms with Gasteiger partial charge in [-0.2, -0.15) is 0 Å². The average Bonchev–Trinajstić information content (AvgIpc) is 2.30. The van der Waals surface area contributed by atoms with Crippen molar-refractivity contribution in [3.63, 3.8) is 0 Å². The molecule has 1 aliphatic carbocycles. The Morgan fingerprint density at radius 2 is 2.17 bits per heavy atom. The summed E-state index contributed by atoms with van der Waals surface area (Å²) in [4.78, 5) is 0. The van der Waals surface area contributed by atoms with Crippen LogP contribution in [0.3, 0.4) is 0 Å². The first-order valence-corrected chi connectivity index (χ1v) is 7.36. The second-order valence-corrected chi connectivity index (χ2v) is 6.71. The standard InChI is InChI=1S/C15H20BrFO/c1-10-5-6-15(18,11(2)7-10)9-12-8-13(16)3-4-14(12)17/h3-4,8,10-11,18H,5-7,9H2,1-2H3. The van der Waals surface area contributed by atoms with E-state index in [0.717, 1.165) is 23.7 Å². The van der Waals surface area contributed by atoms with E-state index < -0.39 is 5.60 Å². The van der Waals surface area contributed by atoms with Crippen LogP contribution in [0.2, 0.25) is 0 Å². The quantitative estimate of drug-likeness (QED) is 0.862. The van der Waals surface area contributed by atoms with Crippen LogP contribution in [0.25, 0.3) is 0 Å². The minimum absolute atomic E-state index is 0.222. The predicted octanol–water partition coefficient (Wildman–Crippen LogP) is 4.32. The molecule has 1 fully saturated rings. The van der Waals surface area contributed by atoms with E-state index in [1.807, 2.05) is 0 Å². The Kier molecular flexibility index (Phi) is 4.12. The Morgan fingerprint density at radius 3 is 2.83 bits per heavy atom. The molecule has 2 rings (SSSR count). The van der Waals surface area contributed by atoms with Gasteiger partial charge in [-0.05, 0) is 54.9 Å². The van der Waals surface area contributed by atoms with Gasteiger partial charge in [0.15, 0.2) is 0 Å². The first kappa shape index (κ1) is 14.0. The first-order chi connectivity index (χ1) is 8.40. The van der Waals surface area contributed by atoms with Crippen molar-refractivity contribution < 1.29 is 9.50 Å². The molecule has 18 heavy (non-hydrogen) atoms. The number of rotatable bonds is 2. The molecule has 3 atom stereocenters. The van der Waals surface area contributed by atoms with E-state index in [1.165, 1.54) is 6.07 Å². The molecular formula is C15H20BrFO. The molecule has 0 saturated heterocycles. The molecular weight excluding hydrogens is 295 g/mol. The van der Waals surface area contributed by atoms with Gasteiger partial charge in [0.05, 0.1) is 5.60 Å². The van der Waals surface area contributed by atoms with Gasteiger partial charge in [-0.3, -0.25) is 0 Å². The Morgan fingerprint density at radius 1 is 1.44 bits per heavy atom. The number of hydrogen-bond donors (Lipinski definition) is 1. The lowest BCUT2D eigenvalue weighted by Crippen LogP contribution is -2.43. The Balaban J connectivity index is 2.19. The van der Waals surface area contributed by atoms with Gasteiger partial charge in [0, 0.05) is 10.9 Å². The number of hydrogen-bond acceptors (Lipinski definition) is 1. The summed E-state index contributed by atoms with van der Waals surface area (Å²) in [5.74, 6) is 0.657. The van der Waals surface area contributed by atoms with Gasteiger partial charge in [-0.1, -0.05) is 29.8 Å². The highest BCUT2D eigenvalue weighted by Crippen LogP contribution is 2.39. The fourth-order valence-electron chi connectivity index (χ4n) is 2.95. The van der Waals surface area contributed by atoms with Crippen molar-refractivity contribution in [3.8, 4) is 0 Å². The van der Waals surface area contributed by atoms with Gasteiger partial charge >= 0.3 is 0 Å².